The van der Waals surface area contributed by atoms with Gasteiger partial charge in [-0.3, -0.25) is 9.89 Å². The van der Waals surface area contributed by atoms with Crippen LogP contribution in [-0.4, -0.2) is 99.7 Å². The second-order valence-electron chi connectivity index (χ2n) is 7.87. The molecular formula is C20H42N6. The fraction of sp³-hybridized carbons (Fsp3) is 0.950. The Balaban J connectivity index is 1.56. The quantitative estimate of drug-likeness (QED) is 0.387. The van der Waals surface area contributed by atoms with Gasteiger partial charge in [0, 0.05) is 45.8 Å². The lowest BCUT2D eigenvalue weighted by atomic mass is 10.0. The number of nitrogens with zero attached hydrogens (tertiary/aromatic N) is 4. The van der Waals surface area contributed by atoms with Crippen molar-refractivity contribution in [2.45, 2.75) is 51.5 Å². The maximum Gasteiger partial charge on any atom is 0.191 e. The minimum absolute atomic E-state index is 0.785. The number of likely N-dealkylation sites (tertiary alicyclic amines) is 1. The van der Waals surface area contributed by atoms with E-state index in [1.165, 1.54) is 77.8 Å². The van der Waals surface area contributed by atoms with Gasteiger partial charge in [0.1, 0.15) is 0 Å². The average molecular weight is 367 g/mol. The molecule has 2 aliphatic heterocycles. The SMILES string of the molecule is CCC1CCCCN1CCNC(=NC)NCCCN1CCCN(C)CC1. The Bertz CT molecular complexity index is 400. The lowest BCUT2D eigenvalue weighted by Gasteiger charge is -2.35. The second kappa shape index (κ2) is 12.5. The molecule has 26 heavy (non-hydrogen) atoms. The van der Waals surface area contributed by atoms with Gasteiger partial charge in [-0.1, -0.05) is 13.3 Å². The first kappa shape index (κ1) is 21.5. The van der Waals surface area contributed by atoms with Gasteiger partial charge in [-0.2, -0.15) is 0 Å². The number of piperidine rings is 1. The molecule has 0 aromatic carbocycles. The third-order valence-electron chi connectivity index (χ3n) is 5.89. The van der Waals surface area contributed by atoms with E-state index >= 15 is 0 Å². The first-order valence-electron chi connectivity index (χ1n) is 10.8. The summed E-state index contributed by atoms with van der Waals surface area (Å²) >= 11 is 0. The number of nitrogens with one attached hydrogen (secondary N) is 2. The highest BCUT2D eigenvalue weighted by Gasteiger charge is 2.20. The zero-order valence-corrected chi connectivity index (χ0v) is 17.5. The minimum Gasteiger partial charge on any atom is -0.356 e. The average Bonchev–Trinajstić information content (AvgIpc) is 2.88. The van der Waals surface area contributed by atoms with E-state index in [1.807, 2.05) is 7.05 Å². The molecule has 0 spiro atoms. The molecule has 2 N–H and O–H groups in total. The highest BCUT2D eigenvalue weighted by Crippen LogP contribution is 2.18. The van der Waals surface area contributed by atoms with E-state index in [2.05, 4.69) is 44.3 Å². The highest BCUT2D eigenvalue weighted by molar-refractivity contribution is 5.79. The second-order valence-corrected chi connectivity index (χ2v) is 7.87. The van der Waals surface area contributed by atoms with E-state index in [1.54, 1.807) is 0 Å². The summed E-state index contributed by atoms with van der Waals surface area (Å²) in [5.41, 5.74) is 0. The van der Waals surface area contributed by atoms with Gasteiger partial charge in [-0.25, -0.2) is 0 Å². The highest BCUT2D eigenvalue weighted by atomic mass is 15.2. The topological polar surface area (TPSA) is 46.1 Å². The van der Waals surface area contributed by atoms with Crippen LogP contribution in [0.5, 0.6) is 0 Å². The van der Waals surface area contributed by atoms with Crippen molar-refractivity contribution in [1.82, 2.24) is 25.3 Å². The molecule has 0 amide bonds. The van der Waals surface area contributed by atoms with Crippen LogP contribution in [0.2, 0.25) is 0 Å². The van der Waals surface area contributed by atoms with E-state index in [-0.39, 0.29) is 0 Å². The molecule has 2 rings (SSSR count). The van der Waals surface area contributed by atoms with Crippen LogP contribution in [0.15, 0.2) is 4.99 Å². The third kappa shape index (κ3) is 7.80. The number of hydrogen-bond donors (Lipinski definition) is 2. The predicted molar refractivity (Wildman–Crippen MR) is 112 cm³/mol. The third-order valence-corrected chi connectivity index (χ3v) is 5.89. The largest absolute Gasteiger partial charge is 0.356 e. The van der Waals surface area contributed by atoms with Gasteiger partial charge >= 0.3 is 0 Å². The summed E-state index contributed by atoms with van der Waals surface area (Å²) in [5.74, 6) is 0.950. The molecule has 2 fully saturated rings. The summed E-state index contributed by atoms with van der Waals surface area (Å²) in [7, 11) is 4.10. The van der Waals surface area contributed by atoms with Gasteiger partial charge in [0.05, 0.1) is 0 Å². The summed E-state index contributed by atoms with van der Waals surface area (Å²) in [6.07, 6.45) is 7.88. The molecule has 152 valence electrons. The van der Waals surface area contributed by atoms with E-state index in [0.29, 0.717) is 0 Å². The Morgan fingerprint density at radius 2 is 1.81 bits per heavy atom. The Morgan fingerprint density at radius 3 is 2.62 bits per heavy atom. The molecule has 0 radical (unpaired) electrons. The lowest BCUT2D eigenvalue weighted by molar-refractivity contribution is 0.147. The van der Waals surface area contributed by atoms with E-state index < -0.39 is 0 Å². The van der Waals surface area contributed by atoms with Crippen molar-refractivity contribution < 1.29 is 0 Å². The molecule has 0 aliphatic carbocycles. The number of rotatable bonds is 8. The number of guanidine groups is 1. The molecule has 0 bridgehead atoms. The maximum atomic E-state index is 4.37. The van der Waals surface area contributed by atoms with Crippen molar-refractivity contribution in [3.8, 4) is 0 Å². The van der Waals surface area contributed by atoms with Gasteiger partial charge in [0.25, 0.3) is 0 Å². The molecule has 6 nitrogen and oxygen atoms in total. The predicted octanol–water partition coefficient (Wildman–Crippen LogP) is 1.44. The zero-order valence-electron chi connectivity index (χ0n) is 17.5. The fourth-order valence-corrected chi connectivity index (χ4v) is 4.19. The number of hydrogen-bond acceptors (Lipinski definition) is 4. The van der Waals surface area contributed by atoms with Crippen molar-refractivity contribution in [2.75, 3.05) is 73.0 Å². The Morgan fingerprint density at radius 1 is 0.962 bits per heavy atom. The van der Waals surface area contributed by atoms with Gasteiger partial charge in [0.15, 0.2) is 5.96 Å². The monoisotopic (exact) mass is 366 g/mol. The van der Waals surface area contributed by atoms with Crippen LogP contribution in [-0.2, 0) is 0 Å². The molecular weight excluding hydrogens is 324 g/mol. The lowest BCUT2D eigenvalue weighted by Crippen LogP contribution is -2.46. The summed E-state index contributed by atoms with van der Waals surface area (Å²) in [6.45, 7) is 12.7. The van der Waals surface area contributed by atoms with Crippen LogP contribution >= 0.6 is 0 Å². The summed E-state index contributed by atoms with van der Waals surface area (Å²) < 4.78 is 0. The molecule has 0 aromatic heterocycles. The molecule has 2 aliphatic rings. The van der Waals surface area contributed by atoms with Crippen LogP contribution in [0.25, 0.3) is 0 Å². The van der Waals surface area contributed by atoms with Crippen molar-refractivity contribution in [3.63, 3.8) is 0 Å². The maximum absolute atomic E-state index is 4.37. The first-order chi connectivity index (χ1) is 12.7. The molecule has 0 aromatic rings. The summed E-state index contributed by atoms with van der Waals surface area (Å²) in [4.78, 5) is 12.1. The van der Waals surface area contributed by atoms with Gasteiger partial charge in [-0.05, 0) is 65.3 Å². The van der Waals surface area contributed by atoms with Crippen LogP contribution in [0.3, 0.4) is 0 Å². The van der Waals surface area contributed by atoms with Gasteiger partial charge < -0.3 is 20.4 Å². The Labute approximate surface area is 161 Å². The van der Waals surface area contributed by atoms with Crippen LogP contribution in [0.1, 0.15) is 45.4 Å². The van der Waals surface area contributed by atoms with Crippen LogP contribution < -0.4 is 10.6 Å². The molecule has 1 unspecified atom stereocenters. The Hall–Kier alpha value is -0.850. The van der Waals surface area contributed by atoms with Crippen LogP contribution in [0.4, 0.5) is 0 Å². The number of aliphatic imine (C=N–C) groups is 1. The normalized spacial score (nSPS) is 24.4. The summed E-state index contributed by atoms with van der Waals surface area (Å²) in [6, 6.07) is 0.785. The fourth-order valence-electron chi connectivity index (χ4n) is 4.19. The summed E-state index contributed by atoms with van der Waals surface area (Å²) in [5, 5.41) is 6.97. The Kier molecular flexibility index (Phi) is 10.3. The standard InChI is InChI=1S/C20H42N6/c1-4-19-9-5-6-15-26(19)16-11-23-20(21-2)22-10-7-13-25-14-8-12-24(3)17-18-25/h19H,4-18H2,1-3H3,(H2,21,22,23). The molecule has 0 saturated carbocycles. The van der Waals surface area contributed by atoms with Gasteiger partial charge in [-0.15, -0.1) is 0 Å². The number of likely N-dealkylation sites (N-methyl/N-ethyl adjacent to an activating group) is 1. The van der Waals surface area contributed by atoms with E-state index in [9.17, 15) is 0 Å². The van der Waals surface area contributed by atoms with E-state index in [0.717, 1.165) is 31.6 Å². The molecule has 2 heterocycles. The molecule has 2 saturated heterocycles. The van der Waals surface area contributed by atoms with Crippen molar-refractivity contribution >= 4 is 5.96 Å². The molecule has 6 heteroatoms. The van der Waals surface area contributed by atoms with E-state index in [4.69, 9.17) is 0 Å². The van der Waals surface area contributed by atoms with Crippen molar-refractivity contribution in [1.29, 1.82) is 0 Å². The smallest absolute Gasteiger partial charge is 0.191 e. The molecule has 1 atom stereocenters. The zero-order chi connectivity index (χ0) is 18.6. The van der Waals surface area contributed by atoms with Crippen molar-refractivity contribution in [3.05, 3.63) is 0 Å². The minimum atomic E-state index is 0.785. The van der Waals surface area contributed by atoms with Crippen LogP contribution in [0, 0.1) is 0 Å². The van der Waals surface area contributed by atoms with Gasteiger partial charge in [0.2, 0.25) is 0 Å². The first-order valence-corrected chi connectivity index (χ1v) is 10.8. The van der Waals surface area contributed by atoms with Crippen molar-refractivity contribution in [2.24, 2.45) is 4.99 Å².